The van der Waals surface area contributed by atoms with Crippen LogP contribution in [0.15, 0.2) is 97.3 Å². The van der Waals surface area contributed by atoms with Gasteiger partial charge in [-0.15, -0.1) is 0 Å². The molecule has 8 heteroatoms. The van der Waals surface area contributed by atoms with Gasteiger partial charge in [-0.3, -0.25) is 9.97 Å². The van der Waals surface area contributed by atoms with Crippen LogP contribution in [0, 0.1) is 26.7 Å². The summed E-state index contributed by atoms with van der Waals surface area (Å²) >= 11 is 0. The van der Waals surface area contributed by atoms with Crippen molar-refractivity contribution in [3.05, 3.63) is 120 Å². The van der Waals surface area contributed by atoms with Crippen LogP contribution in [0.3, 0.4) is 0 Å². The second-order valence-corrected chi connectivity index (χ2v) is 14.8. The number of hydrogen-bond acceptors (Lipinski definition) is 6. The van der Waals surface area contributed by atoms with Crippen LogP contribution >= 0.6 is 0 Å². The van der Waals surface area contributed by atoms with Gasteiger partial charge in [0.2, 0.25) is 0 Å². The minimum Gasteiger partial charge on any atom is -0.356 e. The monoisotopic (exact) mass is 724 g/mol. The number of aromatic nitrogens is 6. The molecule has 8 rings (SSSR count). The first-order chi connectivity index (χ1) is 25.8. The fourth-order valence-electron chi connectivity index (χ4n) is 7.43. The molecule has 282 valence electrons. The minimum atomic E-state index is 0. The van der Waals surface area contributed by atoms with E-state index in [4.69, 9.17) is 24.5 Å². The number of benzene rings is 2. The molecule has 2 aromatic carbocycles. The fraction of sp³-hybridized carbons (Fsp3) is 0.391. The number of ether oxygens (including phenoxy) is 2. The van der Waals surface area contributed by atoms with Gasteiger partial charge in [-0.1, -0.05) is 81.9 Å². The molecule has 2 aliphatic rings. The highest BCUT2D eigenvalue weighted by atomic mass is 16.5. The van der Waals surface area contributed by atoms with Gasteiger partial charge in [-0.2, -0.15) is 10.2 Å². The largest absolute Gasteiger partial charge is 0.356 e. The highest BCUT2D eigenvalue weighted by Crippen LogP contribution is 2.33. The maximum atomic E-state index is 6.00. The van der Waals surface area contributed by atoms with Crippen LogP contribution in [0.25, 0.3) is 45.0 Å². The number of nitrogens with zero attached hydrogens (tertiary/aromatic N) is 6. The Morgan fingerprint density at radius 1 is 0.630 bits per heavy atom. The summed E-state index contributed by atoms with van der Waals surface area (Å²) in [6.45, 7) is 12.3. The van der Waals surface area contributed by atoms with Gasteiger partial charge in [0.15, 0.2) is 12.5 Å². The van der Waals surface area contributed by atoms with Crippen LogP contribution < -0.4 is 0 Å². The topological polar surface area (TPSA) is 79.9 Å². The number of aryl methyl sites for hydroxylation is 3. The SMILES string of the molecule is C.Cc1cc(-c2cc(C)c(-c3ccccc3)cn2)n(C2CCCCO2)n1.Cc1cc(-c2cc(CC(C)C)c(-c3ccccc3)cn2)n(C2CCCCO2)n1. The maximum absolute atomic E-state index is 6.00. The third kappa shape index (κ3) is 9.05. The van der Waals surface area contributed by atoms with E-state index in [1.165, 1.54) is 46.2 Å². The third-order valence-electron chi connectivity index (χ3n) is 10.00. The molecule has 0 amide bonds. The van der Waals surface area contributed by atoms with Gasteiger partial charge in [-0.05, 0) is 118 Å². The van der Waals surface area contributed by atoms with Crippen molar-refractivity contribution in [3.63, 3.8) is 0 Å². The van der Waals surface area contributed by atoms with Gasteiger partial charge >= 0.3 is 0 Å². The zero-order valence-electron chi connectivity index (χ0n) is 31.8. The van der Waals surface area contributed by atoms with Crippen molar-refractivity contribution in [2.75, 3.05) is 13.2 Å². The average molecular weight is 725 g/mol. The minimum absolute atomic E-state index is 0. The molecular weight excluding hydrogens is 669 g/mol. The molecule has 0 radical (unpaired) electrons. The maximum Gasteiger partial charge on any atom is 0.150 e. The lowest BCUT2D eigenvalue weighted by atomic mass is 9.94. The molecule has 2 unspecified atom stereocenters. The Hall–Kier alpha value is -4.92. The van der Waals surface area contributed by atoms with E-state index in [0.29, 0.717) is 5.92 Å². The Balaban J connectivity index is 0.000000182. The van der Waals surface area contributed by atoms with E-state index in [-0.39, 0.29) is 19.9 Å². The van der Waals surface area contributed by atoms with Gasteiger partial charge in [0.1, 0.15) is 0 Å². The first-order valence-corrected chi connectivity index (χ1v) is 19.3. The van der Waals surface area contributed by atoms with E-state index >= 15 is 0 Å². The van der Waals surface area contributed by atoms with Crippen LogP contribution in [0.1, 0.15) is 94.8 Å². The lowest BCUT2D eigenvalue weighted by Crippen LogP contribution is -2.20. The van der Waals surface area contributed by atoms with E-state index in [0.717, 1.165) is 79.5 Å². The normalized spacial score (nSPS) is 17.1. The summed E-state index contributed by atoms with van der Waals surface area (Å²) in [5.41, 5.74) is 13.4. The Kier molecular flexibility index (Phi) is 12.9. The zero-order valence-corrected chi connectivity index (χ0v) is 31.8. The third-order valence-corrected chi connectivity index (χ3v) is 10.00. The molecule has 54 heavy (non-hydrogen) atoms. The van der Waals surface area contributed by atoms with Crippen LogP contribution in [0.4, 0.5) is 0 Å². The van der Waals surface area contributed by atoms with Gasteiger partial charge in [-0.25, -0.2) is 9.36 Å². The van der Waals surface area contributed by atoms with Crippen molar-refractivity contribution in [2.24, 2.45) is 5.92 Å². The van der Waals surface area contributed by atoms with Gasteiger partial charge in [0, 0.05) is 36.7 Å². The Bertz CT molecular complexity index is 2090. The molecule has 4 aromatic heterocycles. The molecule has 8 nitrogen and oxygen atoms in total. The van der Waals surface area contributed by atoms with E-state index in [2.05, 4.69) is 105 Å². The molecule has 0 aliphatic carbocycles. The van der Waals surface area contributed by atoms with Gasteiger partial charge in [0.25, 0.3) is 0 Å². The van der Waals surface area contributed by atoms with Crippen molar-refractivity contribution in [2.45, 2.75) is 99.4 Å². The van der Waals surface area contributed by atoms with Crippen molar-refractivity contribution in [3.8, 4) is 45.0 Å². The molecule has 0 N–H and O–H groups in total. The molecule has 2 fully saturated rings. The van der Waals surface area contributed by atoms with Crippen LogP contribution in [-0.2, 0) is 15.9 Å². The molecule has 2 saturated heterocycles. The predicted molar refractivity (Wildman–Crippen MR) is 219 cm³/mol. The molecule has 0 bridgehead atoms. The van der Waals surface area contributed by atoms with E-state index < -0.39 is 0 Å². The second-order valence-electron chi connectivity index (χ2n) is 14.8. The van der Waals surface area contributed by atoms with Crippen LogP contribution in [-0.4, -0.2) is 42.7 Å². The van der Waals surface area contributed by atoms with Crippen LogP contribution in [0.5, 0.6) is 0 Å². The Morgan fingerprint density at radius 3 is 1.57 bits per heavy atom. The Labute approximate surface area is 321 Å². The lowest BCUT2D eigenvalue weighted by molar-refractivity contribution is -0.0386. The summed E-state index contributed by atoms with van der Waals surface area (Å²) < 4.78 is 16.0. The summed E-state index contributed by atoms with van der Waals surface area (Å²) in [6, 6.07) is 29.5. The van der Waals surface area contributed by atoms with Crippen molar-refractivity contribution >= 4 is 0 Å². The van der Waals surface area contributed by atoms with E-state index in [9.17, 15) is 0 Å². The summed E-state index contributed by atoms with van der Waals surface area (Å²) in [7, 11) is 0. The smallest absolute Gasteiger partial charge is 0.150 e. The summed E-state index contributed by atoms with van der Waals surface area (Å²) in [5.74, 6) is 0.575. The first-order valence-electron chi connectivity index (χ1n) is 19.3. The van der Waals surface area contributed by atoms with Crippen molar-refractivity contribution < 1.29 is 9.47 Å². The number of pyridine rings is 2. The first kappa shape index (κ1) is 38.8. The summed E-state index contributed by atoms with van der Waals surface area (Å²) in [6.07, 6.45) is 11.7. The highest BCUT2D eigenvalue weighted by Gasteiger charge is 2.23. The number of rotatable bonds is 8. The van der Waals surface area contributed by atoms with Gasteiger partial charge < -0.3 is 9.47 Å². The quantitative estimate of drug-likeness (QED) is 0.155. The molecule has 6 aromatic rings. The lowest BCUT2D eigenvalue weighted by Gasteiger charge is -2.24. The molecule has 6 heterocycles. The number of hydrogen-bond donors (Lipinski definition) is 0. The standard InChI is InChI=1S/C24H29N3O.C21H23N3O.CH4/c1-17(2)13-20-15-22(25-16-21(20)19-9-5-4-6-10-19)23-14-18(3)26-27(23)24-11-7-8-12-28-24;1-15-12-19(22-14-18(15)17-8-4-3-5-9-17)20-13-16(2)23-24(20)21-10-6-7-11-25-21;/h4-6,9-10,14-17,24H,7-8,11-13H2,1-3H3;3-5,8-9,12-14,21H,6-7,10-11H2,1-2H3;1H4. The molecule has 0 saturated carbocycles. The fourth-order valence-corrected chi connectivity index (χ4v) is 7.43. The second kappa shape index (κ2) is 17.9. The Morgan fingerprint density at radius 2 is 1.11 bits per heavy atom. The zero-order chi connectivity index (χ0) is 36.7. The van der Waals surface area contributed by atoms with Crippen molar-refractivity contribution in [1.82, 2.24) is 29.5 Å². The van der Waals surface area contributed by atoms with Crippen LogP contribution in [0.2, 0.25) is 0 Å². The molecule has 2 atom stereocenters. The predicted octanol–water partition coefficient (Wildman–Crippen LogP) is 11.4. The van der Waals surface area contributed by atoms with E-state index in [1.54, 1.807) is 0 Å². The van der Waals surface area contributed by atoms with E-state index in [1.807, 2.05) is 41.7 Å². The molecule has 2 aliphatic heterocycles. The van der Waals surface area contributed by atoms with Gasteiger partial charge in [0.05, 0.1) is 34.2 Å². The summed E-state index contributed by atoms with van der Waals surface area (Å²) in [4.78, 5) is 9.58. The summed E-state index contributed by atoms with van der Waals surface area (Å²) in [5, 5.41) is 9.41. The van der Waals surface area contributed by atoms with Crippen molar-refractivity contribution in [1.29, 1.82) is 0 Å². The molecule has 0 spiro atoms. The highest BCUT2D eigenvalue weighted by molar-refractivity contribution is 5.71. The average Bonchev–Trinajstić information content (AvgIpc) is 3.78. The molecular formula is C46H56N6O2.